The van der Waals surface area contributed by atoms with Crippen molar-refractivity contribution in [1.82, 2.24) is 5.32 Å². The van der Waals surface area contributed by atoms with Crippen molar-refractivity contribution in [1.29, 1.82) is 0 Å². The third-order valence-corrected chi connectivity index (χ3v) is 4.61. The Hall–Kier alpha value is -1.13. The maximum atomic E-state index is 12.1. The fraction of sp³-hybridized carbons (Fsp3) is 0.267. The van der Waals surface area contributed by atoms with Crippen molar-refractivity contribution in [2.24, 2.45) is 0 Å². The van der Waals surface area contributed by atoms with E-state index in [1.807, 2.05) is 12.1 Å². The number of thiophene rings is 1. The molecule has 2 nitrogen and oxygen atoms in total. The molecule has 0 bridgehead atoms. The van der Waals surface area contributed by atoms with E-state index in [-0.39, 0.29) is 11.9 Å². The number of carbonyl (C=O) groups excluding carboxylic acids is 1. The van der Waals surface area contributed by atoms with Gasteiger partial charge in [-0.3, -0.25) is 4.79 Å². The third kappa shape index (κ3) is 3.67. The molecule has 1 amide bonds. The third-order valence-electron chi connectivity index (χ3n) is 2.99. The lowest BCUT2D eigenvalue weighted by molar-refractivity contribution is 0.0939. The Morgan fingerprint density at radius 1 is 1.26 bits per heavy atom. The normalized spacial score (nSPS) is 12.2. The fourth-order valence-electron chi connectivity index (χ4n) is 1.89. The van der Waals surface area contributed by atoms with Gasteiger partial charge in [-0.05, 0) is 47.0 Å². The van der Waals surface area contributed by atoms with E-state index in [0.717, 1.165) is 20.6 Å². The summed E-state index contributed by atoms with van der Waals surface area (Å²) in [5.41, 5.74) is 2.38. The van der Waals surface area contributed by atoms with E-state index < -0.39 is 0 Å². The summed E-state index contributed by atoms with van der Waals surface area (Å²) in [6.07, 6.45) is 0.876. The van der Waals surface area contributed by atoms with Crippen molar-refractivity contribution in [3.05, 3.63) is 56.2 Å². The zero-order valence-corrected chi connectivity index (χ0v) is 13.3. The van der Waals surface area contributed by atoms with E-state index in [1.165, 1.54) is 16.9 Å². The van der Waals surface area contributed by atoms with E-state index in [2.05, 4.69) is 59.4 Å². The molecule has 1 aromatic heterocycles. The fourth-order valence-corrected chi connectivity index (χ4v) is 3.17. The molecule has 0 radical (unpaired) electrons. The van der Waals surface area contributed by atoms with Crippen molar-refractivity contribution >= 4 is 33.2 Å². The Labute approximate surface area is 126 Å². The summed E-state index contributed by atoms with van der Waals surface area (Å²) in [6, 6.07) is 12.1. The highest BCUT2D eigenvalue weighted by Gasteiger charge is 2.15. The quantitative estimate of drug-likeness (QED) is 0.860. The smallest absolute Gasteiger partial charge is 0.261 e. The van der Waals surface area contributed by atoms with Gasteiger partial charge in [0.2, 0.25) is 0 Å². The second-order valence-corrected chi connectivity index (χ2v) is 6.91. The molecule has 0 aliphatic heterocycles. The topological polar surface area (TPSA) is 29.1 Å². The van der Waals surface area contributed by atoms with Crippen molar-refractivity contribution in [3.8, 4) is 0 Å². The summed E-state index contributed by atoms with van der Waals surface area (Å²) in [5, 5.41) is 3.08. The van der Waals surface area contributed by atoms with Crippen molar-refractivity contribution < 1.29 is 4.79 Å². The first-order chi connectivity index (χ1) is 9.10. The molecule has 4 heteroatoms. The first kappa shape index (κ1) is 14.3. The van der Waals surface area contributed by atoms with Gasteiger partial charge in [0.15, 0.2) is 0 Å². The number of carbonyl (C=O) groups is 1. The summed E-state index contributed by atoms with van der Waals surface area (Å²) in [5.74, 6) is -0.0110. The number of amides is 1. The van der Waals surface area contributed by atoms with E-state index in [9.17, 15) is 4.79 Å². The Morgan fingerprint density at radius 2 is 1.95 bits per heavy atom. The van der Waals surface area contributed by atoms with E-state index in [0.29, 0.717) is 0 Å². The number of rotatable bonds is 4. The monoisotopic (exact) mass is 337 g/mol. The van der Waals surface area contributed by atoms with Crippen LogP contribution in [0.3, 0.4) is 0 Å². The van der Waals surface area contributed by atoms with Crippen LogP contribution in [0.25, 0.3) is 0 Å². The molecule has 0 saturated heterocycles. The maximum absolute atomic E-state index is 12.1. The van der Waals surface area contributed by atoms with Crippen LogP contribution >= 0.6 is 27.3 Å². The van der Waals surface area contributed by atoms with E-state index in [4.69, 9.17) is 0 Å². The summed E-state index contributed by atoms with van der Waals surface area (Å²) in [7, 11) is 0. The number of hydrogen-bond donors (Lipinski definition) is 1. The van der Waals surface area contributed by atoms with Crippen molar-refractivity contribution in [3.63, 3.8) is 0 Å². The van der Waals surface area contributed by atoms with Gasteiger partial charge in [-0.15, -0.1) is 11.3 Å². The zero-order chi connectivity index (χ0) is 13.8. The van der Waals surface area contributed by atoms with Gasteiger partial charge in [0.25, 0.3) is 5.91 Å². The lowest BCUT2D eigenvalue weighted by Gasteiger charge is -2.17. The van der Waals surface area contributed by atoms with Gasteiger partial charge in [-0.2, -0.15) is 0 Å². The SMILES string of the molecule is CCC(NC(=O)c1ccc(Br)s1)c1ccc(C)cc1. The number of halogens is 1. The molecule has 2 rings (SSSR count). The van der Waals surface area contributed by atoms with E-state index in [1.54, 1.807) is 0 Å². The predicted molar refractivity (Wildman–Crippen MR) is 83.7 cm³/mol. The van der Waals surface area contributed by atoms with Crippen LogP contribution in [0.4, 0.5) is 0 Å². The van der Waals surface area contributed by atoms with Crippen molar-refractivity contribution in [2.45, 2.75) is 26.3 Å². The van der Waals surface area contributed by atoms with Crippen LogP contribution in [-0.4, -0.2) is 5.91 Å². The number of hydrogen-bond acceptors (Lipinski definition) is 2. The Kier molecular flexibility index (Phi) is 4.77. The van der Waals surface area contributed by atoms with Crippen LogP contribution in [0, 0.1) is 6.92 Å². The molecule has 0 aliphatic carbocycles. The second kappa shape index (κ2) is 6.35. The van der Waals surface area contributed by atoms with Gasteiger partial charge in [0.1, 0.15) is 0 Å². The molecule has 0 saturated carbocycles. The molecular formula is C15H16BrNOS. The minimum Gasteiger partial charge on any atom is -0.345 e. The molecule has 1 N–H and O–H groups in total. The van der Waals surface area contributed by atoms with Gasteiger partial charge in [-0.1, -0.05) is 36.8 Å². The minimum atomic E-state index is -0.0110. The number of benzene rings is 1. The zero-order valence-electron chi connectivity index (χ0n) is 10.9. The van der Waals surface area contributed by atoms with Crippen LogP contribution in [-0.2, 0) is 0 Å². The van der Waals surface area contributed by atoms with Gasteiger partial charge in [0.05, 0.1) is 14.7 Å². The molecular weight excluding hydrogens is 322 g/mol. The number of aryl methyl sites for hydroxylation is 1. The molecule has 0 fully saturated rings. The van der Waals surface area contributed by atoms with Gasteiger partial charge in [-0.25, -0.2) is 0 Å². The Bertz CT molecular complexity index is 562. The summed E-state index contributed by atoms with van der Waals surface area (Å²) in [6.45, 7) is 4.14. The van der Waals surface area contributed by atoms with Gasteiger partial charge < -0.3 is 5.32 Å². The molecule has 1 unspecified atom stereocenters. The highest BCUT2D eigenvalue weighted by Crippen LogP contribution is 2.23. The maximum Gasteiger partial charge on any atom is 0.261 e. The molecule has 1 atom stereocenters. The highest BCUT2D eigenvalue weighted by atomic mass is 79.9. The van der Waals surface area contributed by atoms with Gasteiger partial charge >= 0.3 is 0 Å². The molecule has 0 aliphatic rings. The van der Waals surface area contributed by atoms with E-state index >= 15 is 0 Å². The van der Waals surface area contributed by atoms with Crippen LogP contribution in [0.5, 0.6) is 0 Å². The Morgan fingerprint density at radius 3 is 2.47 bits per heavy atom. The molecule has 1 heterocycles. The summed E-state index contributed by atoms with van der Waals surface area (Å²) >= 11 is 4.83. The minimum absolute atomic E-state index is 0.0110. The van der Waals surface area contributed by atoms with Gasteiger partial charge in [0, 0.05) is 0 Å². The lowest BCUT2D eigenvalue weighted by Crippen LogP contribution is -2.27. The second-order valence-electron chi connectivity index (χ2n) is 4.45. The van der Waals surface area contributed by atoms with Crippen LogP contribution in [0.15, 0.2) is 40.2 Å². The van der Waals surface area contributed by atoms with Crippen molar-refractivity contribution in [2.75, 3.05) is 0 Å². The molecule has 0 spiro atoms. The molecule has 2 aromatic rings. The highest BCUT2D eigenvalue weighted by molar-refractivity contribution is 9.11. The molecule has 100 valence electrons. The van der Waals surface area contributed by atoms with Crippen LogP contribution in [0.1, 0.15) is 40.2 Å². The average molecular weight is 338 g/mol. The largest absolute Gasteiger partial charge is 0.345 e. The first-order valence-corrected chi connectivity index (χ1v) is 7.84. The number of nitrogens with one attached hydrogen (secondary N) is 1. The van der Waals surface area contributed by atoms with Crippen LogP contribution < -0.4 is 5.32 Å². The average Bonchev–Trinajstić information content (AvgIpc) is 2.84. The first-order valence-electron chi connectivity index (χ1n) is 6.23. The lowest BCUT2D eigenvalue weighted by atomic mass is 10.0. The standard InChI is InChI=1S/C15H16BrNOS/c1-3-12(11-6-4-10(2)5-7-11)17-15(18)13-8-9-14(16)19-13/h4-9,12H,3H2,1-2H3,(H,17,18). The summed E-state index contributed by atoms with van der Waals surface area (Å²) < 4.78 is 0.973. The predicted octanol–water partition coefficient (Wildman–Crippen LogP) is 4.70. The van der Waals surface area contributed by atoms with Crippen LogP contribution in [0.2, 0.25) is 0 Å². The molecule has 1 aromatic carbocycles. The molecule has 19 heavy (non-hydrogen) atoms. The Balaban J connectivity index is 2.11. The summed E-state index contributed by atoms with van der Waals surface area (Å²) in [4.78, 5) is 12.9.